The summed E-state index contributed by atoms with van der Waals surface area (Å²) in [4.78, 5) is 15.6. The van der Waals surface area contributed by atoms with E-state index in [1.165, 1.54) is 4.31 Å². The first kappa shape index (κ1) is 20.7. The van der Waals surface area contributed by atoms with Crippen molar-refractivity contribution in [2.75, 3.05) is 43.4 Å². The van der Waals surface area contributed by atoms with E-state index in [9.17, 15) is 13.2 Å². The van der Waals surface area contributed by atoms with Gasteiger partial charge in [-0.2, -0.15) is 0 Å². The highest BCUT2D eigenvalue weighted by atomic mass is 32.2. The van der Waals surface area contributed by atoms with Gasteiger partial charge in [0.2, 0.25) is 0 Å². The van der Waals surface area contributed by atoms with Crippen LogP contribution in [0.15, 0.2) is 58.3 Å². The molecule has 0 atom stereocenters. The number of nitrogens with zero attached hydrogens (tertiary/aromatic N) is 2. The van der Waals surface area contributed by atoms with E-state index < -0.39 is 10.0 Å². The molecule has 0 spiro atoms. The molecule has 6 nitrogen and oxygen atoms in total. The number of carbonyl (C=O) groups is 1. The Kier molecular flexibility index (Phi) is 6.64. The normalized spacial score (nSPS) is 14.7. The van der Waals surface area contributed by atoms with Crippen molar-refractivity contribution in [2.45, 2.75) is 16.7 Å². The van der Waals surface area contributed by atoms with Crippen molar-refractivity contribution in [2.24, 2.45) is 0 Å². The van der Waals surface area contributed by atoms with Gasteiger partial charge in [-0.05, 0) is 61.7 Å². The van der Waals surface area contributed by atoms with Crippen LogP contribution in [0.2, 0.25) is 0 Å². The van der Waals surface area contributed by atoms with Crippen molar-refractivity contribution in [3.8, 4) is 0 Å². The van der Waals surface area contributed by atoms with Gasteiger partial charge in [0.1, 0.15) is 0 Å². The standard InChI is InChI=1S/C20H24N2O4S2/c1-3-22(28(24,25)19-10-8-18(27-2)9-11-19)17-6-4-16(5-7-17)20(23)21-12-14-26-15-13-21/h4-11H,3,12-15H2,1-2H3. The molecule has 0 aliphatic carbocycles. The Morgan fingerprint density at radius 1 is 1.07 bits per heavy atom. The van der Waals surface area contributed by atoms with Gasteiger partial charge in [0.15, 0.2) is 0 Å². The molecular formula is C20H24N2O4S2. The summed E-state index contributed by atoms with van der Waals surface area (Å²) in [7, 11) is -3.67. The summed E-state index contributed by atoms with van der Waals surface area (Å²) >= 11 is 1.56. The Morgan fingerprint density at radius 3 is 2.21 bits per heavy atom. The molecule has 28 heavy (non-hydrogen) atoms. The van der Waals surface area contributed by atoms with Gasteiger partial charge in [-0.15, -0.1) is 11.8 Å². The minimum Gasteiger partial charge on any atom is -0.378 e. The van der Waals surface area contributed by atoms with Crippen LogP contribution in [-0.4, -0.2) is 58.3 Å². The SMILES string of the molecule is CCN(c1ccc(C(=O)N2CCOCC2)cc1)S(=O)(=O)c1ccc(SC)cc1. The molecule has 0 aromatic heterocycles. The van der Waals surface area contributed by atoms with Crippen molar-refractivity contribution in [3.63, 3.8) is 0 Å². The molecule has 3 rings (SSSR count). The number of morpholine rings is 1. The van der Waals surface area contributed by atoms with Gasteiger partial charge in [0.25, 0.3) is 15.9 Å². The zero-order valence-corrected chi connectivity index (χ0v) is 17.6. The fraction of sp³-hybridized carbons (Fsp3) is 0.350. The third kappa shape index (κ3) is 4.34. The molecule has 8 heteroatoms. The molecule has 1 aliphatic rings. The minimum absolute atomic E-state index is 0.0617. The van der Waals surface area contributed by atoms with Gasteiger partial charge in [0, 0.05) is 30.1 Å². The van der Waals surface area contributed by atoms with Crippen LogP contribution in [0.5, 0.6) is 0 Å². The summed E-state index contributed by atoms with van der Waals surface area (Å²) in [5.74, 6) is -0.0617. The highest BCUT2D eigenvalue weighted by Crippen LogP contribution is 2.26. The Labute approximate surface area is 170 Å². The maximum atomic E-state index is 13.1. The molecule has 2 aromatic rings. The maximum absolute atomic E-state index is 13.1. The second-order valence-corrected chi connectivity index (χ2v) is 9.04. The van der Waals surface area contributed by atoms with E-state index in [0.29, 0.717) is 44.1 Å². The minimum atomic E-state index is -3.67. The van der Waals surface area contributed by atoms with Crippen molar-refractivity contribution in [1.29, 1.82) is 0 Å². The van der Waals surface area contributed by atoms with Gasteiger partial charge in [-0.25, -0.2) is 8.42 Å². The molecule has 0 bridgehead atoms. The molecule has 0 radical (unpaired) electrons. The van der Waals surface area contributed by atoms with E-state index >= 15 is 0 Å². The van der Waals surface area contributed by atoms with E-state index in [1.54, 1.807) is 72.1 Å². The number of ether oxygens (including phenoxy) is 1. The van der Waals surface area contributed by atoms with Crippen LogP contribution in [0.1, 0.15) is 17.3 Å². The Hall–Kier alpha value is -2.03. The van der Waals surface area contributed by atoms with Gasteiger partial charge in [0.05, 0.1) is 23.8 Å². The molecule has 2 aromatic carbocycles. The zero-order chi connectivity index (χ0) is 20.1. The molecule has 1 aliphatic heterocycles. The van der Waals surface area contributed by atoms with Gasteiger partial charge in [-0.1, -0.05) is 0 Å². The smallest absolute Gasteiger partial charge is 0.264 e. The molecule has 1 saturated heterocycles. The van der Waals surface area contributed by atoms with Crippen molar-refractivity contribution < 1.29 is 17.9 Å². The van der Waals surface area contributed by atoms with E-state index in [1.807, 2.05) is 6.26 Å². The van der Waals surface area contributed by atoms with E-state index in [0.717, 1.165) is 4.90 Å². The highest BCUT2D eigenvalue weighted by molar-refractivity contribution is 7.98. The predicted octanol–water partition coefficient (Wildman–Crippen LogP) is 3.10. The summed E-state index contributed by atoms with van der Waals surface area (Å²) in [5, 5.41) is 0. The first-order valence-corrected chi connectivity index (χ1v) is 11.8. The molecule has 150 valence electrons. The van der Waals surface area contributed by atoms with E-state index in [4.69, 9.17) is 4.74 Å². The fourth-order valence-electron chi connectivity index (χ4n) is 3.09. The number of carbonyl (C=O) groups excluding carboxylic acids is 1. The molecule has 0 unspecified atom stereocenters. The Morgan fingerprint density at radius 2 is 1.68 bits per heavy atom. The van der Waals surface area contributed by atoms with E-state index in [-0.39, 0.29) is 10.8 Å². The summed E-state index contributed by atoms with van der Waals surface area (Å²) < 4.78 is 32.7. The highest BCUT2D eigenvalue weighted by Gasteiger charge is 2.24. The lowest BCUT2D eigenvalue weighted by Crippen LogP contribution is -2.40. The third-order valence-corrected chi connectivity index (χ3v) is 7.30. The van der Waals surface area contributed by atoms with Gasteiger partial charge in [-0.3, -0.25) is 9.10 Å². The van der Waals surface area contributed by atoms with E-state index in [2.05, 4.69) is 0 Å². The molecule has 0 saturated carbocycles. The first-order valence-electron chi connectivity index (χ1n) is 9.11. The number of anilines is 1. The Bertz CT molecular complexity index is 906. The monoisotopic (exact) mass is 420 g/mol. The second kappa shape index (κ2) is 8.98. The first-order chi connectivity index (χ1) is 13.5. The van der Waals surface area contributed by atoms with Crippen LogP contribution in [0.25, 0.3) is 0 Å². The van der Waals surface area contributed by atoms with Crippen molar-refractivity contribution in [1.82, 2.24) is 4.90 Å². The number of hydrogen-bond donors (Lipinski definition) is 0. The van der Waals surface area contributed by atoms with Gasteiger partial charge >= 0.3 is 0 Å². The number of thioether (sulfide) groups is 1. The zero-order valence-electron chi connectivity index (χ0n) is 16.0. The quantitative estimate of drug-likeness (QED) is 0.672. The number of amides is 1. The number of hydrogen-bond acceptors (Lipinski definition) is 5. The number of rotatable bonds is 6. The summed E-state index contributed by atoms with van der Waals surface area (Å²) in [6.45, 7) is 4.32. The summed E-state index contributed by atoms with van der Waals surface area (Å²) in [6.07, 6.45) is 1.95. The lowest BCUT2D eigenvalue weighted by molar-refractivity contribution is 0.0303. The average molecular weight is 421 g/mol. The largest absolute Gasteiger partial charge is 0.378 e. The van der Waals surface area contributed by atoms with Crippen LogP contribution >= 0.6 is 11.8 Å². The fourth-order valence-corrected chi connectivity index (χ4v) is 4.97. The Balaban J connectivity index is 1.82. The maximum Gasteiger partial charge on any atom is 0.264 e. The molecule has 1 fully saturated rings. The van der Waals surface area contributed by atoms with Crippen LogP contribution in [0.4, 0.5) is 5.69 Å². The summed E-state index contributed by atoms with van der Waals surface area (Å²) in [5.41, 5.74) is 1.08. The molecule has 1 heterocycles. The van der Waals surface area contributed by atoms with Crippen LogP contribution in [-0.2, 0) is 14.8 Å². The van der Waals surface area contributed by atoms with Crippen LogP contribution in [0, 0.1) is 0 Å². The third-order valence-electron chi connectivity index (χ3n) is 4.64. The predicted molar refractivity (Wildman–Crippen MR) is 112 cm³/mol. The van der Waals surface area contributed by atoms with Gasteiger partial charge < -0.3 is 9.64 Å². The van der Waals surface area contributed by atoms with Crippen LogP contribution in [0.3, 0.4) is 0 Å². The molecular weight excluding hydrogens is 396 g/mol. The number of sulfonamides is 1. The topological polar surface area (TPSA) is 66.9 Å². The summed E-state index contributed by atoms with van der Waals surface area (Å²) in [6, 6.07) is 13.6. The number of benzene rings is 2. The second-order valence-electron chi connectivity index (χ2n) is 6.30. The van der Waals surface area contributed by atoms with Crippen molar-refractivity contribution in [3.05, 3.63) is 54.1 Å². The molecule has 1 amide bonds. The average Bonchev–Trinajstić information content (AvgIpc) is 2.74. The van der Waals surface area contributed by atoms with Crippen molar-refractivity contribution >= 4 is 33.4 Å². The lowest BCUT2D eigenvalue weighted by atomic mass is 10.1. The lowest BCUT2D eigenvalue weighted by Gasteiger charge is -2.27. The molecule has 0 N–H and O–H groups in total. The van der Waals surface area contributed by atoms with Crippen LogP contribution < -0.4 is 4.31 Å².